The number of ether oxygens (including phenoxy) is 2. The van der Waals surface area contributed by atoms with Gasteiger partial charge >= 0.3 is 5.97 Å². The van der Waals surface area contributed by atoms with E-state index < -0.39 is 0 Å². The molecular weight excluding hydrogens is 338 g/mol. The molecular formula is C23H31NO3. The molecule has 146 valence electrons. The molecule has 5 atom stereocenters. The second kappa shape index (κ2) is 7.31. The molecule has 2 aliphatic carbocycles. The molecule has 3 fully saturated rings. The molecule has 27 heavy (non-hydrogen) atoms. The van der Waals surface area contributed by atoms with Crippen molar-refractivity contribution in [3.63, 3.8) is 0 Å². The van der Waals surface area contributed by atoms with Crippen LogP contribution in [0.1, 0.15) is 44.6 Å². The highest BCUT2D eigenvalue weighted by Crippen LogP contribution is 2.56. The van der Waals surface area contributed by atoms with Crippen LogP contribution in [0.15, 0.2) is 36.4 Å². The van der Waals surface area contributed by atoms with Gasteiger partial charge in [0.2, 0.25) is 0 Å². The fourth-order valence-electron chi connectivity index (χ4n) is 5.70. The lowest BCUT2D eigenvalue weighted by Crippen LogP contribution is -2.45. The van der Waals surface area contributed by atoms with Gasteiger partial charge in [-0.2, -0.15) is 0 Å². The lowest BCUT2D eigenvalue weighted by atomic mass is 9.55. The molecule has 1 aliphatic heterocycles. The van der Waals surface area contributed by atoms with Gasteiger partial charge < -0.3 is 14.8 Å². The van der Waals surface area contributed by atoms with E-state index in [2.05, 4.69) is 24.9 Å². The van der Waals surface area contributed by atoms with Crippen molar-refractivity contribution in [1.82, 2.24) is 5.32 Å². The van der Waals surface area contributed by atoms with Crippen molar-refractivity contribution in [2.45, 2.75) is 51.7 Å². The Morgan fingerprint density at radius 1 is 1.37 bits per heavy atom. The average molecular weight is 370 g/mol. The quantitative estimate of drug-likeness (QED) is 0.627. The minimum atomic E-state index is -0.0519. The van der Waals surface area contributed by atoms with Crippen LogP contribution < -0.4 is 10.1 Å². The Morgan fingerprint density at radius 3 is 3.00 bits per heavy atom. The number of benzene rings is 1. The maximum atomic E-state index is 12.6. The maximum absolute atomic E-state index is 12.6. The van der Waals surface area contributed by atoms with E-state index in [-0.39, 0.29) is 23.4 Å². The number of carbonyl (C=O) groups excluding carboxylic acids is 1. The van der Waals surface area contributed by atoms with Crippen LogP contribution >= 0.6 is 0 Å². The Morgan fingerprint density at radius 2 is 2.19 bits per heavy atom. The van der Waals surface area contributed by atoms with Gasteiger partial charge in [-0.1, -0.05) is 37.3 Å². The first-order valence-electron chi connectivity index (χ1n) is 10.2. The van der Waals surface area contributed by atoms with Crippen LogP contribution in [-0.4, -0.2) is 25.7 Å². The van der Waals surface area contributed by atoms with Gasteiger partial charge in [0, 0.05) is 24.6 Å². The van der Waals surface area contributed by atoms with Gasteiger partial charge in [0.25, 0.3) is 0 Å². The molecule has 0 aromatic heterocycles. The molecule has 1 aromatic carbocycles. The number of carbonyl (C=O) groups is 1. The molecule has 1 saturated heterocycles. The van der Waals surface area contributed by atoms with Gasteiger partial charge in [0.1, 0.15) is 11.9 Å². The van der Waals surface area contributed by atoms with E-state index in [1.165, 1.54) is 18.4 Å². The Bertz CT molecular complexity index is 730. The predicted octanol–water partition coefficient (Wildman–Crippen LogP) is 4.10. The van der Waals surface area contributed by atoms with Crippen LogP contribution in [0.2, 0.25) is 0 Å². The average Bonchev–Trinajstić information content (AvgIpc) is 2.94. The summed E-state index contributed by atoms with van der Waals surface area (Å²) in [6, 6.07) is 8.00. The highest BCUT2D eigenvalue weighted by molar-refractivity contribution is 5.75. The molecule has 1 aromatic rings. The standard InChI is InChI=1S/C23H31NO3/c1-15-7-6-10-23(2)12-21-17(11-19(15)23)18(22(25)27-21)14-24-13-16-8-4-5-9-20(16)26-3/h4-5,8-9,17-19,21,24H,1,6-7,10-14H2,2-3H3. The van der Waals surface area contributed by atoms with Crippen LogP contribution in [0.3, 0.4) is 0 Å². The van der Waals surface area contributed by atoms with Crippen LogP contribution in [0, 0.1) is 23.2 Å². The van der Waals surface area contributed by atoms with E-state index >= 15 is 0 Å². The number of hydrogen-bond donors (Lipinski definition) is 1. The van der Waals surface area contributed by atoms with Crippen molar-refractivity contribution in [2.24, 2.45) is 23.2 Å². The summed E-state index contributed by atoms with van der Waals surface area (Å²) >= 11 is 0. The number of fused-ring (bicyclic) bond motifs is 2. The highest BCUT2D eigenvalue weighted by Gasteiger charge is 2.54. The van der Waals surface area contributed by atoms with Crippen molar-refractivity contribution in [3.05, 3.63) is 42.0 Å². The summed E-state index contributed by atoms with van der Waals surface area (Å²) in [6.07, 6.45) is 5.73. The first-order valence-corrected chi connectivity index (χ1v) is 10.2. The minimum Gasteiger partial charge on any atom is -0.496 e. The van der Waals surface area contributed by atoms with Crippen molar-refractivity contribution in [3.8, 4) is 5.75 Å². The summed E-state index contributed by atoms with van der Waals surface area (Å²) in [5.41, 5.74) is 2.76. The van der Waals surface area contributed by atoms with E-state index in [9.17, 15) is 4.79 Å². The van der Waals surface area contributed by atoms with Crippen molar-refractivity contribution in [1.29, 1.82) is 0 Å². The fraction of sp³-hybridized carbons (Fsp3) is 0.609. The third-order valence-electron chi connectivity index (χ3n) is 7.19. The zero-order valence-electron chi connectivity index (χ0n) is 16.5. The first kappa shape index (κ1) is 18.5. The minimum absolute atomic E-state index is 0.0228. The van der Waals surface area contributed by atoms with Crippen LogP contribution in [0.4, 0.5) is 0 Å². The summed E-state index contributed by atoms with van der Waals surface area (Å²) in [5.74, 6) is 1.66. The van der Waals surface area contributed by atoms with Crippen molar-refractivity contribution < 1.29 is 14.3 Å². The Kier molecular flexibility index (Phi) is 5.02. The molecule has 4 nitrogen and oxygen atoms in total. The lowest BCUT2D eigenvalue weighted by molar-refractivity contribution is -0.146. The Labute approximate surface area is 162 Å². The number of esters is 1. The largest absolute Gasteiger partial charge is 0.496 e. The Balaban J connectivity index is 1.42. The van der Waals surface area contributed by atoms with E-state index in [0.717, 1.165) is 30.6 Å². The SMILES string of the molecule is C=C1CCCC2(C)CC3OC(=O)C(CNCc4ccccc4OC)C3CC12. The Hall–Kier alpha value is -1.81. The third-order valence-corrected chi connectivity index (χ3v) is 7.19. The lowest BCUT2D eigenvalue weighted by Gasteiger charge is -2.50. The number of allylic oxidation sites excluding steroid dienone is 1. The van der Waals surface area contributed by atoms with Crippen LogP contribution in [0.5, 0.6) is 5.75 Å². The smallest absolute Gasteiger partial charge is 0.310 e. The van der Waals surface area contributed by atoms with E-state index in [4.69, 9.17) is 9.47 Å². The fourth-order valence-corrected chi connectivity index (χ4v) is 5.70. The molecule has 0 radical (unpaired) electrons. The summed E-state index contributed by atoms with van der Waals surface area (Å²) < 4.78 is 11.3. The van der Waals surface area contributed by atoms with Gasteiger partial charge in [-0.05, 0) is 49.5 Å². The molecule has 0 spiro atoms. The number of methoxy groups -OCH3 is 1. The summed E-state index contributed by atoms with van der Waals surface area (Å²) in [4.78, 5) is 12.6. The second-order valence-electron chi connectivity index (χ2n) is 8.85. The molecule has 4 heteroatoms. The van der Waals surface area contributed by atoms with E-state index in [1.807, 2.05) is 18.2 Å². The van der Waals surface area contributed by atoms with E-state index in [0.29, 0.717) is 24.9 Å². The van der Waals surface area contributed by atoms with Gasteiger partial charge in [-0.25, -0.2) is 0 Å². The van der Waals surface area contributed by atoms with Gasteiger partial charge in [0.15, 0.2) is 0 Å². The van der Waals surface area contributed by atoms with E-state index in [1.54, 1.807) is 7.11 Å². The van der Waals surface area contributed by atoms with Crippen molar-refractivity contribution in [2.75, 3.05) is 13.7 Å². The van der Waals surface area contributed by atoms with Gasteiger partial charge in [0.05, 0.1) is 13.0 Å². The molecule has 3 aliphatic rings. The summed E-state index contributed by atoms with van der Waals surface area (Å²) in [7, 11) is 1.69. The topological polar surface area (TPSA) is 47.6 Å². The predicted molar refractivity (Wildman–Crippen MR) is 105 cm³/mol. The summed E-state index contributed by atoms with van der Waals surface area (Å²) in [6.45, 7) is 8.10. The first-order chi connectivity index (χ1) is 13.0. The zero-order valence-corrected chi connectivity index (χ0v) is 16.5. The molecule has 2 saturated carbocycles. The summed E-state index contributed by atoms with van der Waals surface area (Å²) in [5, 5.41) is 3.47. The van der Waals surface area contributed by atoms with Crippen molar-refractivity contribution >= 4 is 5.97 Å². The monoisotopic (exact) mass is 369 g/mol. The molecule has 0 bridgehead atoms. The van der Waals surface area contributed by atoms with Gasteiger partial charge in [-0.15, -0.1) is 0 Å². The van der Waals surface area contributed by atoms with Crippen LogP contribution in [-0.2, 0) is 16.1 Å². The highest BCUT2D eigenvalue weighted by atomic mass is 16.6. The number of rotatable bonds is 5. The zero-order chi connectivity index (χ0) is 19.0. The number of hydrogen-bond acceptors (Lipinski definition) is 4. The molecule has 5 unspecified atom stereocenters. The molecule has 0 amide bonds. The second-order valence-corrected chi connectivity index (χ2v) is 8.85. The maximum Gasteiger partial charge on any atom is 0.310 e. The molecule has 4 rings (SSSR count). The normalized spacial score (nSPS) is 35.3. The van der Waals surface area contributed by atoms with Gasteiger partial charge in [-0.3, -0.25) is 4.79 Å². The number of para-hydroxylation sites is 1. The molecule has 1 N–H and O–H groups in total. The van der Waals surface area contributed by atoms with Crippen LogP contribution in [0.25, 0.3) is 0 Å². The third kappa shape index (κ3) is 3.40. The molecule has 1 heterocycles. The number of nitrogens with one attached hydrogen (secondary N) is 1.